The molecule has 0 aliphatic carbocycles. The second kappa shape index (κ2) is 9.14. The highest BCUT2D eigenvalue weighted by molar-refractivity contribution is 8.00. The quantitative estimate of drug-likeness (QED) is 0.325. The van der Waals surface area contributed by atoms with Crippen molar-refractivity contribution in [1.82, 2.24) is 19.1 Å². The molecule has 1 aliphatic heterocycles. The summed E-state index contributed by atoms with van der Waals surface area (Å²) < 4.78 is 2.40. The fourth-order valence-corrected chi connectivity index (χ4v) is 5.34. The topological polar surface area (TPSA) is 90.1 Å². The Bertz CT molecular complexity index is 1590. The van der Waals surface area contributed by atoms with Crippen LogP contribution in [-0.4, -0.2) is 37.3 Å². The zero-order valence-corrected chi connectivity index (χ0v) is 20.6. The monoisotopic (exact) mass is 487 g/mol. The maximum absolute atomic E-state index is 13.3. The number of aromatic nitrogens is 4. The number of hydrogen-bond acceptors (Lipinski definition) is 6. The first-order valence-corrected chi connectivity index (χ1v) is 12.4. The molecule has 35 heavy (non-hydrogen) atoms. The number of carbonyl (C=O) groups is 1. The third kappa shape index (κ3) is 4.16. The van der Waals surface area contributed by atoms with E-state index in [0.29, 0.717) is 17.4 Å². The lowest BCUT2D eigenvalue weighted by Crippen LogP contribution is -2.38. The second-order valence-corrected chi connectivity index (χ2v) is 9.66. The fourth-order valence-electron chi connectivity index (χ4n) is 4.45. The zero-order valence-electron chi connectivity index (χ0n) is 19.8. The normalized spacial score (nSPS) is 13.2. The van der Waals surface area contributed by atoms with E-state index in [1.807, 2.05) is 54.3 Å². The fraction of sp³-hybridized carbons (Fsp3) is 0.269. The van der Waals surface area contributed by atoms with Gasteiger partial charge in [0.1, 0.15) is 10.4 Å². The van der Waals surface area contributed by atoms with E-state index in [4.69, 9.17) is 4.98 Å². The third-order valence-corrected chi connectivity index (χ3v) is 7.25. The summed E-state index contributed by atoms with van der Waals surface area (Å²) in [5.41, 5.74) is 3.23. The number of benzene rings is 2. The van der Waals surface area contributed by atoms with Crippen LogP contribution in [0.25, 0.3) is 22.4 Å². The molecule has 2 aromatic heterocycles. The number of rotatable bonds is 4. The maximum Gasteiger partial charge on any atom is 0.332 e. The van der Waals surface area contributed by atoms with Crippen LogP contribution >= 0.6 is 11.8 Å². The molecule has 0 atom stereocenters. The van der Waals surface area contributed by atoms with Gasteiger partial charge in [0.15, 0.2) is 11.5 Å². The summed E-state index contributed by atoms with van der Waals surface area (Å²) in [4.78, 5) is 50.1. The van der Waals surface area contributed by atoms with Gasteiger partial charge in [-0.05, 0) is 37.5 Å². The number of aryl methyl sites for hydroxylation is 3. The summed E-state index contributed by atoms with van der Waals surface area (Å²) in [6, 6.07) is 15.7. The maximum atomic E-state index is 13.3. The molecule has 0 fully saturated rings. The first kappa shape index (κ1) is 23.0. The lowest BCUT2D eigenvalue weighted by atomic mass is 10.0. The molecular formula is C26H25N5O3S. The number of nitrogens with zero attached hydrogens (tertiary/aromatic N) is 5. The molecule has 8 nitrogen and oxygen atoms in total. The van der Waals surface area contributed by atoms with Crippen LogP contribution in [0.1, 0.15) is 17.5 Å². The van der Waals surface area contributed by atoms with Gasteiger partial charge in [-0.15, -0.1) is 0 Å². The van der Waals surface area contributed by atoms with Gasteiger partial charge in [0.2, 0.25) is 5.91 Å². The van der Waals surface area contributed by atoms with Crippen LogP contribution in [0.4, 0.5) is 5.69 Å². The van der Waals surface area contributed by atoms with Crippen molar-refractivity contribution in [3.05, 3.63) is 80.5 Å². The van der Waals surface area contributed by atoms with E-state index >= 15 is 0 Å². The molecule has 0 bridgehead atoms. The number of amides is 1. The SMILES string of the molecule is Cc1cccc(-c2nc(SCC(=O)N3CCCc4ccccc43)c3c(=O)n(C)c(=O)n(C)c3n2)c1. The van der Waals surface area contributed by atoms with Crippen molar-refractivity contribution >= 4 is 34.4 Å². The molecule has 5 rings (SSSR count). The van der Waals surface area contributed by atoms with Crippen molar-refractivity contribution in [2.24, 2.45) is 14.1 Å². The largest absolute Gasteiger partial charge is 0.332 e. The molecule has 4 aromatic rings. The summed E-state index contributed by atoms with van der Waals surface area (Å²) in [6.07, 6.45) is 1.86. The van der Waals surface area contributed by atoms with E-state index in [-0.39, 0.29) is 22.7 Å². The summed E-state index contributed by atoms with van der Waals surface area (Å²) in [7, 11) is 3.02. The number of thioether (sulfide) groups is 1. The van der Waals surface area contributed by atoms with Gasteiger partial charge in [-0.3, -0.25) is 18.7 Å². The van der Waals surface area contributed by atoms with Crippen LogP contribution in [-0.2, 0) is 25.3 Å². The van der Waals surface area contributed by atoms with Gasteiger partial charge >= 0.3 is 5.69 Å². The lowest BCUT2D eigenvalue weighted by molar-refractivity contribution is -0.116. The Morgan fingerprint density at radius 2 is 1.83 bits per heavy atom. The van der Waals surface area contributed by atoms with Crippen molar-refractivity contribution in [1.29, 1.82) is 0 Å². The first-order valence-electron chi connectivity index (χ1n) is 11.4. The number of anilines is 1. The number of para-hydroxylation sites is 1. The molecule has 0 radical (unpaired) electrons. The molecule has 1 amide bonds. The third-order valence-electron chi connectivity index (χ3n) is 6.29. The molecule has 0 saturated heterocycles. The van der Waals surface area contributed by atoms with Gasteiger partial charge in [-0.25, -0.2) is 14.8 Å². The van der Waals surface area contributed by atoms with Crippen LogP contribution in [0.15, 0.2) is 63.1 Å². The smallest absolute Gasteiger partial charge is 0.311 e. The molecule has 0 N–H and O–H groups in total. The number of carbonyl (C=O) groups excluding carboxylic acids is 1. The standard InChI is InChI=1S/C26H25N5O3S/c1-16-8-6-10-18(14-16)22-27-23-21(25(33)30(3)26(34)29(23)2)24(28-22)35-15-20(32)31-13-7-11-17-9-4-5-12-19(17)31/h4-6,8-10,12,14H,7,11,13,15H2,1-3H3. The number of fused-ring (bicyclic) bond motifs is 2. The van der Waals surface area contributed by atoms with Gasteiger partial charge in [0, 0.05) is 31.9 Å². The van der Waals surface area contributed by atoms with E-state index in [9.17, 15) is 14.4 Å². The van der Waals surface area contributed by atoms with E-state index < -0.39 is 11.2 Å². The minimum atomic E-state index is -0.475. The Kier molecular flexibility index (Phi) is 6.02. The molecule has 1 aliphatic rings. The summed E-state index contributed by atoms with van der Waals surface area (Å²) in [6.45, 7) is 2.63. The van der Waals surface area contributed by atoms with Crippen LogP contribution in [0, 0.1) is 6.92 Å². The molecular weight excluding hydrogens is 462 g/mol. The van der Waals surface area contributed by atoms with Crippen LogP contribution < -0.4 is 16.1 Å². The van der Waals surface area contributed by atoms with Crippen LogP contribution in [0.5, 0.6) is 0 Å². The van der Waals surface area contributed by atoms with E-state index in [0.717, 1.165) is 39.8 Å². The van der Waals surface area contributed by atoms with Gasteiger partial charge in [-0.2, -0.15) is 0 Å². The van der Waals surface area contributed by atoms with Gasteiger partial charge in [0.05, 0.1) is 5.75 Å². The minimum Gasteiger partial charge on any atom is -0.311 e. The van der Waals surface area contributed by atoms with Crippen molar-refractivity contribution in [3.8, 4) is 11.4 Å². The van der Waals surface area contributed by atoms with Crippen molar-refractivity contribution in [2.75, 3.05) is 17.2 Å². The lowest BCUT2D eigenvalue weighted by Gasteiger charge is -2.29. The minimum absolute atomic E-state index is 0.0485. The molecule has 3 heterocycles. The highest BCUT2D eigenvalue weighted by atomic mass is 32.2. The van der Waals surface area contributed by atoms with Crippen LogP contribution in [0.3, 0.4) is 0 Å². The first-order chi connectivity index (χ1) is 16.8. The molecule has 2 aromatic carbocycles. The Hall–Kier alpha value is -3.72. The Morgan fingerprint density at radius 1 is 1.03 bits per heavy atom. The zero-order chi connectivity index (χ0) is 24.7. The van der Waals surface area contributed by atoms with E-state index in [1.165, 1.54) is 23.4 Å². The van der Waals surface area contributed by atoms with Gasteiger partial charge in [-0.1, -0.05) is 53.7 Å². The van der Waals surface area contributed by atoms with Crippen molar-refractivity contribution in [2.45, 2.75) is 24.8 Å². The summed E-state index contributed by atoms with van der Waals surface area (Å²) >= 11 is 1.21. The predicted molar refractivity (Wildman–Crippen MR) is 138 cm³/mol. The average Bonchev–Trinajstić information content (AvgIpc) is 2.88. The molecule has 9 heteroatoms. The van der Waals surface area contributed by atoms with Gasteiger partial charge in [0.25, 0.3) is 5.56 Å². The predicted octanol–water partition coefficient (Wildman–Crippen LogP) is 3.07. The van der Waals surface area contributed by atoms with Crippen LogP contribution in [0.2, 0.25) is 0 Å². The highest BCUT2D eigenvalue weighted by Crippen LogP contribution is 2.30. The van der Waals surface area contributed by atoms with E-state index in [2.05, 4.69) is 11.1 Å². The Labute approximate surface area is 206 Å². The Balaban J connectivity index is 1.58. The van der Waals surface area contributed by atoms with Gasteiger partial charge < -0.3 is 4.90 Å². The molecule has 0 spiro atoms. The summed E-state index contributed by atoms with van der Waals surface area (Å²) in [5.74, 6) is 0.468. The van der Waals surface area contributed by atoms with Crippen molar-refractivity contribution < 1.29 is 4.79 Å². The molecule has 0 saturated carbocycles. The van der Waals surface area contributed by atoms with Crippen molar-refractivity contribution in [3.63, 3.8) is 0 Å². The molecule has 178 valence electrons. The average molecular weight is 488 g/mol. The molecule has 0 unspecified atom stereocenters. The Morgan fingerprint density at radius 3 is 2.63 bits per heavy atom. The summed E-state index contributed by atoms with van der Waals surface area (Å²) in [5, 5.41) is 0.629. The highest BCUT2D eigenvalue weighted by Gasteiger charge is 2.24. The second-order valence-electron chi connectivity index (χ2n) is 8.69. The van der Waals surface area contributed by atoms with E-state index in [1.54, 1.807) is 7.05 Å². The number of hydrogen-bond donors (Lipinski definition) is 0.